The topological polar surface area (TPSA) is 128 Å². The van der Waals surface area contributed by atoms with Crippen LogP contribution in [0.15, 0.2) is 83.8 Å². The van der Waals surface area contributed by atoms with Crippen LogP contribution in [-0.2, 0) is 21.4 Å². The van der Waals surface area contributed by atoms with Crippen LogP contribution in [0, 0.1) is 11.3 Å². The third-order valence-corrected chi connectivity index (χ3v) is 7.80. The first-order chi connectivity index (χ1) is 18.1. The van der Waals surface area contributed by atoms with Gasteiger partial charge in [0.2, 0.25) is 0 Å². The molecule has 0 aliphatic carbocycles. The van der Waals surface area contributed by atoms with Crippen molar-refractivity contribution in [1.82, 2.24) is 5.32 Å². The van der Waals surface area contributed by atoms with Crippen LogP contribution in [0.5, 0.6) is 0 Å². The van der Waals surface area contributed by atoms with Gasteiger partial charge in [0.15, 0.2) is 0 Å². The highest BCUT2D eigenvalue weighted by Crippen LogP contribution is 2.34. The summed E-state index contributed by atoms with van der Waals surface area (Å²) in [7, 11) is -4.41. The molecule has 192 valence electrons. The number of rotatable bonds is 8. The number of nitrogens with one attached hydrogen (secondary N) is 1. The van der Waals surface area contributed by atoms with Gasteiger partial charge in [-0.25, -0.2) is 8.42 Å². The van der Waals surface area contributed by atoms with Crippen molar-refractivity contribution in [2.24, 2.45) is 0 Å². The number of carbonyl (C=O) groups is 2. The summed E-state index contributed by atoms with van der Waals surface area (Å²) in [4.78, 5) is 24.6. The molecule has 0 fully saturated rings. The number of nitrogens with zero attached hydrogens (tertiary/aromatic N) is 2. The molecule has 0 spiro atoms. The van der Waals surface area contributed by atoms with E-state index in [2.05, 4.69) is 5.32 Å². The molecular formula is C27H19Cl2N3O5S. The molecule has 0 unspecified atom stereocenters. The first-order valence-electron chi connectivity index (χ1n) is 11.1. The van der Waals surface area contributed by atoms with Crippen LogP contribution in [0.2, 0.25) is 10.0 Å². The molecule has 0 radical (unpaired) electrons. The molecule has 4 aromatic carbocycles. The molecule has 0 atom stereocenters. The molecule has 0 saturated carbocycles. The molecule has 0 aromatic heterocycles. The zero-order chi connectivity index (χ0) is 27.4. The lowest BCUT2D eigenvalue weighted by Gasteiger charge is -2.25. The number of benzene rings is 4. The van der Waals surface area contributed by atoms with Crippen LogP contribution in [-0.4, -0.2) is 31.9 Å². The Morgan fingerprint density at radius 1 is 0.921 bits per heavy atom. The van der Waals surface area contributed by atoms with Gasteiger partial charge in [0.1, 0.15) is 6.54 Å². The van der Waals surface area contributed by atoms with E-state index in [9.17, 15) is 23.1 Å². The minimum Gasteiger partial charge on any atom is -0.480 e. The fourth-order valence-electron chi connectivity index (χ4n) is 3.96. The van der Waals surface area contributed by atoms with Crippen molar-refractivity contribution in [3.63, 3.8) is 0 Å². The Bertz CT molecular complexity index is 1700. The number of carboxylic acid groups (broad SMARTS) is 1. The number of nitriles is 1. The molecule has 0 aliphatic rings. The summed E-state index contributed by atoms with van der Waals surface area (Å²) in [6.07, 6.45) is 0. The smallest absolute Gasteiger partial charge is 0.324 e. The lowest BCUT2D eigenvalue weighted by Crippen LogP contribution is -2.36. The van der Waals surface area contributed by atoms with E-state index in [1.807, 2.05) is 6.07 Å². The van der Waals surface area contributed by atoms with E-state index >= 15 is 0 Å². The lowest BCUT2D eigenvalue weighted by atomic mass is 10.0. The predicted molar refractivity (Wildman–Crippen MR) is 145 cm³/mol. The van der Waals surface area contributed by atoms with E-state index in [0.29, 0.717) is 16.3 Å². The Kier molecular flexibility index (Phi) is 7.88. The van der Waals surface area contributed by atoms with Gasteiger partial charge in [-0.2, -0.15) is 5.26 Å². The van der Waals surface area contributed by atoms with E-state index in [1.54, 1.807) is 54.6 Å². The summed E-state index contributed by atoms with van der Waals surface area (Å²) >= 11 is 12.0. The first kappa shape index (κ1) is 26.9. The molecule has 8 nitrogen and oxygen atoms in total. The van der Waals surface area contributed by atoms with Crippen molar-refractivity contribution in [3.05, 3.63) is 106 Å². The van der Waals surface area contributed by atoms with Crippen molar-refractivity contribution in [2.45, 2.75) is 11.4 Å². The second-order valence-electron chi connectivity index (χ2n) is 8.18. The number of carbonyl (C=O) groups excluding carboxylic acids is 1. The van der Waals surface area contributed by atoms with Gasteiger partial charge in [-0.1, -0.05) is 59.6 Å². The van der Waals surface area contributed by atoms with Crippen molar-refractivity contribution in [1.29, 1.82) is 5.26 Å². The first-order valence-corrected chi connectivity index (χ1v) is 13.3. The maximum Gasteiger partial charge on any atom is 0.324 e. The Morgan fingerprint density at radius 3 is 2.26 bits per heavy atom. The standard InChI is InChI=1S/C27H19Cl2N3O5S/c28-19-11-20(29)13-21(12-19)38(36,37)32(16-26(33)34)25-9-3-6-22-23(25)7-2-8-24(22)27(35)31-15-18-5-1-4-17(10-18)14-30/h1-13H,15-16H2,(H,31,35)(H,33,34). The van der Waals surface area contributed by atoms with E-state index in [1.165, 1.54) is 24.3 Å². The molecule has 0 bridgehead atoms. The monoisotopic (exact) mass is 567 g/mol. The summed E-state index contributed by atoms with van der Waals surface area (Å²) in [6.45, 7) is -0.712. The maximum atomic E-state index is 13.6. The molecular weight excluding hydrogens is 549 g/mol. The van der Waals surface area contributed by atoms with Gasteiger partial charge in [-0.3, -0.25) is 13.9 Å². The quantitative estimate of drug-likeness (QED) is 0.300. The molecule has 38 heavy (non-hydrogen) atoms. The average molecular weight is 568 g/mol. The van der Waals surface area contributed by atoms with E-state index in [0.717, 1.165) is 9.87 Å². The highest BCUT2D eigenvalue weighted by molar-refractivity contribution is 7.92. The molecule has 11 heteroatoms. The van der Waals surface area contributed by atoms with Gasteiger partial charge in [-0.15, -0.1) is 0 Å². The minimum atomic E-state index is -4.41. The van der Waals surface area contributed by atoms with Crippen LogP contribution in [0.25, 0.3) is 10.8 Å². The van der Waals surface area contributed by atoms with Crippen LogP contribution in [0.3, 0.4) is 0 Å². The number of fused-ring (bicyclic) bond motifs is 1. The number of sulfonamides is 1. The number of amides is 1. The highest BCUT2D eigenvalue weighted by Gasteiger charge is 2.29. The number of halogens is 2. The average Bonchev–Trinajstić information content (AvgIpc) is 2.89. The van der Waals surface area contributed by atoms with Crippen LogP contribution in [0.1, 0.15) is 21.5 Å². The van der Waals surface area contributed by atoms with Crippen LogP contribution >= 0.6 is 23.2 Å². The summed E-state index contributed by atoms with van der Waals surface area (Å²) in [5, 5.41) is 22.4. The molecule has 2 N–H and O–H groups in total. The maximum absolute atomic E-state index is 13.6. The Morgan fingerprint density at radius 2 is 1.58 bits per heavy atom. The van der Waals surface area contributed by atoms with Gasteiger partial charge in [0.25, 0.3) is 15.9 Å². The van der Waals surface area contributed by atoms with E-state index in [4.69, 9.17) is 28.5 Å². The fourth-order valence-corrected chi connectivity index (χ4v) is 6.12. The number of aliphatic carboxylic acids is 1. The fraction of sp³-hybridized carbons (Fsp3) is 0.0741. The summed E-state index contributed by atoms with van der Waals surface area (Å²) in [5.41, 5.74) is 1.53. The third-order valence-electron chi connectivity index (χ3n) is 5.62. The second-order valence-corrected chi connectivity index (χ2v) is 10.9. The molecule has 1 amide bonds. The Hall–Kier alpha value is -4.10. The van der Waals surface area contributed by atoms with Gasteiger partial charge in [-0.05, 0) is 53.4 Å². The zero-order valence-electron chi connectivity index (χ0n) is 19.6. The molecule has 0 aliphatic heterocycles. The van der Waals surface area contributed by atoms with Crippen LogP contribution < -0.4 is 9.62 Å². The summed E-state index contributed by atoms with van der Waals surface area (Å²) < 4.78 is 27.9. The summed E-state index contributed by atoms with van der Waals surface area (Å²) in [5.74, 6) is -1.81. The number of hydrogen-bond acceptors (Lipinski definition) is 5. The Balaban J connectivity index is 1.76. The van der Waals surface area contributed by atoms with Crippen LogP contribution in [0.4, 0.5) is 5.69 Å². The molecule has 4 rings (SSSR count). The normalized spacial score (nSPS) is 11.1. The predicted octanol–water partition coefficient (Wildman–Crippen LogP) is 5.23. The lowest BCUT2D eigenvalue weighted by molar-refractivity contribution is -0.135. The van der Waals surface area contributed by atoms with Crippen molar-refractivity contribution in [2.75, 3.05) is 10.8 Å². The number of hydrogen-bond donors (Lipinski definition) is 2. The number of anilines is 1. The SMILES string of the molecule is N#Cc1cccc(CNC(=O)c2cccc3c(N(CC(=O)O)S(=O)(=O)c4cc(Cl)cc(Cl)c4)cccc23)c1. The van der Waals surface area contributed by atoms with Gasteiger partial charge in [0, 0.05) is 27.5 Å². The van der Waals surface area contributed by atoms with Crippen molar-refractivity contribution >= 4 is 61.6 Å². The summed E-state index contributed by atoms with van der Waals surface area (Å²) in [6, 6.07) is 22.0. The van der Waals surface area contributed by atoms with Gasteiger partial charge < -0.3 is 10.4 Å². The minimum absolute atomic E-state index is 0.0670. The van der Waals surface area contributed by atoms with Gasteiger partial charge >= 0.3 is 5.97 Å². The molecule has 4 aromatic rings. The van der Waals surface area contributed by atoms with E-state index < -0.39 is 28.4 Å². The highest BCUT2D eigenvalue weighted by atomic mass is 35.5. The number of carboxylic acids is 1. The third kappa shape index (κ3) is 5.73. The van der Waals surface area contributed by atoms with E-state index in [-0.39, 0.29) is 32.7 Å². The molecule has 0 saturated heterocycles. The van der Waals surface area contributed by atoms with Crippen molar-refractivity contribution < 1.29 is 23.1 Å². The molecule has 0 heterocycles. The van der Waals surface area contributed by atoms with Crippen molar-refractivity contribution in [3.8, 4) is 6.07 Å². The van der Waals surface area contributed by atoms with Gasteiger partial charge in [0.05, 0.1) is 22.2 Å². The second kappa shape index (κ2) is 11.1. The zero-order valence-corrected chi connectivity index (χ0v) is 21.9. The Labute approximate surface area is 228 Å². The largest absolute Gasteiger partial charge is 0.480 e.